The topological polar surface area (TPSA) is 217 Å². The first-order valence-corrected chi connectivity index (χ1v) is 13.0. The van der Waals surface area contributed by atoms with Crippen molar-refractivity contribution < 1.29 is 34.5 Å². The lowest BCUT2D eigenvalue weighted by molar-refractivity contribution is -0.143. The van der Waals surface area contributed by atoms with Crippen molar-refractivity contribution in [2.45, 2.75) is 56.3 Å². The largest absolute Gasteiger partial charge is 0.508 e. The molecule has 0 saturated carbocycles. The summed E-state index contributed by atoms with van der Waals surface area (Å²) in [7, 11) is 0. The highest BCUT2D eigenvalue weighted by Crippen LogP contribution is 2.12. The van der Waals surface area contributed by atoms with Crippen LogP contribution in [0.2, 0.25) is 0 Å². The molecule has 4 unspecified atom stereocenters. The van der Waals surface area contributed by atoms with E-state index in [1.54, 1.807) is 12.1 Å². The summed E-state index contributed by atoms with van der Waals surface area (Å²) in [6.45, 7) is -0.343. The maximum atomic E-state index is 13.2. The van der Waals surface area contributed by atoms with Gasteiger partial charge in [-0.2, -0.15) is 11.8 Å². The predicted octanol–water partition coefficient (Wildman–Crippen LogP) is -1.32. The molecule has 1 aromatic rings. The number of phenolic OH excluding ortho intramolecular Hbond substituents is 1. The van der Waals surface area contributed by atoms with E-state index in [-0.39, 0.29) is 18.6 Å². The van der Waals surface area contributed by atoms with E-state index >= 15 is 0 Å². The van der Waals surface area contributed by atoms with Gasteiger partial charge in [-0.3, -0.25) is 14.4 Å². The molecular formula is C23H37N5O7S. The maximum absolute atomic E-state index is 13.2. The Morgan fingerprint density at radius 3 is 2.06 bits per heavy atom. The molecule has 1 aromatic carbocycles. The molecule has 0 radical (unpaired) electrons. The van der Waals surface area contributed by atoms with E-state index in [0.29, 0.717) is 37.1 Å². The number of aromatic hydroxyl groups is 1. The monoisotopic (exact) mass is 527 g/mol. The first-order chi connectivity index (χ1) is 17.1. The zero-order valence-electron chi connectivity index (χ0n) is 20.3. The van der Waals surface area contributed by atoms with Gasteiger partial charge in [0.25, 0.3) is 0 Å². The fourth-order valence-corrected chi connectivity index (χ4v) is 3.70. The molecule has 1 rings (SSSR count). The van der Waals surface area contributed by atoms with Crippen LogP contribution >= 0.6 is 11.8 Å². The van der Waals surface area contributed by atoms with Gasteiger partial charge in [-0.05, 0) is 55.5 Å². The number of thioether (sulfide) groups is 1. The smallest absolute Gasteiger partial charge is 0.328 e. The number of aliphatic hydroxyl groups is 1. The fourth-order valence-electron chi connectivity index (χ4n) is 3.23. The van der Waals surface area contributed by atoms with Crippen molar-refractivity contribution in [1.82, 2.24) is 16.0 Å². The zero-order chi connectivity index (χ0) is 27.1. The van der Waals surface area contributed by atoms with E-state index in [0.717, 1.165) is 0 Å². The summed E-state index contributed by atoms with van der Waals surface area (Å²) in [6.07, 6.45) is 3.79. The number of aliphatic hydroxyl groups excluding tert-OH is 1. The molecule has 0 aromatic heterocycles. The minimum atomic E-state index is -1.52. The molecule has 4 atom stereocenters. The quantitative estimate of drug-likeness (QED) is 0.112. The molecule has 0 aliphatic heterocycles. The summed E-state index contributed by atoms with van der Waals surface area (Å²) in [5.74, 6) is -2.87. The number of hydrogen-bond acceptors (Lipinski definition) is 9. The van der Waals surface area contributed by atoms with Gasteiger partial charge in [0.05, 0.1) is 12.6 Å². The molecular weight excluding hydrogens is 490 g/mol. The third-order valence-corrected chi connectivity index (χ3v) is 6.00. The number of nitrogens with one attached hydrogen (secondary N) is 3. The van der Waals surface area contributed by atoms with Crippen LogP contribution < -0.4 is 27.4 Å². The highest BCUT2D eigenvalue weighted by atomic mass is 32.2. The van der Waals surface area contributed by atoms with Gasteiger partial charge in [0.15, 0.2) is 0 Å². The average molecular weight is 528 g/mol. The van der Waals surface area contributed by atoms with Crippen molar-refractivity contribution in [1.29, 1.82) is 0 Å². The summed E-state index contributed by atoms with van der Waals surface area (Å²) in [4.78, 5) is 49.8. The van der Waals surface area contributed by atoms with Gasteiger partial charge in [-0.25, -0.2) is 4.79 Å². The standard InChI is InChI=1S/C23H37N5O7S/c1-36-11-9-17(21(32)28-19(13-29)23(34)35)26-22(33)18(12-14-5-7-15(30)8-6-14)27-20(31)16(25)4-2-3-10-24/h5-8,16-19,29-30H,2-4,9-13,24-25H2,1H3,(H,26,33)(H,27,31)(H,28,32)(H,34,35). The fraction of sp³-hybridized carbons (Fsp3) is 0.565. The summed E-state index contributed by atoms with van der Waals surface area (Å²) < 4.78 is 0. The van der Waals surface area contributed by atoms with Crippen LogP contribution in [-0.2, 0) is 25.6 Å². The lowest BCUT2D eigenvalue weighted by Gasteiger charge is -2.25. The van der Waals surface area contributed by atoms with Gasteiger partial charge in [0.1, 0.15) is 23.9 Å². The Hall–Kier alpha value is -2.87. The van der Waals surface area contributed by atoms with Crippen molar-refractivity contribution >= 4 is 35.5 Å². The number of carboxylic acid groups (broad SMARTS) is 1. The van der Waals surface area contributed by atoms with Crippen molar-refractivity contribution in [3.05, 3.63) is 29.8 Å². The second-order valence-corrected chi connectivity index (χ2v) is 9.23. The number of unbranched alkanes of at least 4 members (excludes halogenated alkanes) is 1. The molecule has 0 aliphatic rings. The number of carbonyl (C=O) groups is 4. The van der Waals surface area contributed by atoms with Crippen LogP contribution in [0.5, 0.6) is 5.75 Å². The van der Waals surface area contributed by atoms with Crippen LogP contribution in [0.3, 0.4) is 0 Å². The minimum absolute atomic E-state index is 0.0383. The van der Waals surface area contributed by atoms with Crippen molar-refractivity contribution in [3.8, 4) is 5.75 Å². The average Bonchev–Trinajstić information content (AvgIpc) is 2.85. The number of hydrogen-bond donors (Lipinski definition) is 8. The number of carboxylic acids is 1. The number of carbonyl (C=O) groups excluding carboxylic acids is 3. The van der Waals surface area contributed by atoms with Gasteiger partial charge in [-0.15, -0.1) is 0 Å². The predicted molar refractivity (Wildman–Crippen MR) is 136 cm³/mol. The molecule has 3 amide bonds. The minimum Gasteiger partial charge on any atom is -0.508 e. The Morgan fingerprint density at radius 2 is 1.50 bits per heavy atom. The SMILES string of the molecule is CSCCC(NC(=O)C(Cc1ccc(O)cc1)NC(=O)C(N)CCCCN)C(=O)NC(CO)C(=O)O. The molecule has 0 saturated heterocycles. The number of nitrogens with two attached hydrogens (primary N) is 2. The number of benzene rings is 1. The second kappa shape index (κ2) is 16.7. The summed E-state index contributed by atoms with van der Waals surface area (Å²) >= 11 is 1.43. The van der Waals surface area contributed by atoms with Crippen LogP contribution in [0, 0.1) is 0 Å². The molecule has 13 heteroatoms. The summed E-state index contributed by atoms with van der Waals surface area (Å²) in [5.41, 5.74) is 12.1. The zero-order valence-corrected chi connectivity index (χ0v) is 21.1. The molecule has 0 fully saturated rings. The Bertz CT molecular complexity index is 856. The third kappa shape index (κ3) is 11.2. The molecule has 0 spiro atoms. The number of amides is 3. The van der Waals surface area contributed by atoms with E-state index in [4.69, 9.17) is 16.6 Å². The van der Waals surface area contributed by atoms with Gasteiger partial charge in [0, 0.05) is 6.42 Å². The van der Waals surface area contributed by atoms with Gasteiger partial charge in [-0.1, -0.05) is 18.6 Å². The van der Waals surface area contributed by atoms with E-state index in [1.807, 2.05) is 6.26 Å². The van der Waals surface area contributed by atoms with Crippen LogP contribution in [0.25, 0.3) is 0 Å². The highest BCUT2D eigenvalue weighted by Gasteiger charge is 2.30. The van der Waals surface area contributed by atoms with Crippen LogP contribution in [0.4, 0.5) is 0 Å². The number of aliphatic carboxylic acids is 1. The second-order valence-electron chi connectivity index (χ2n) is 8.25. The Morgan fingerprint density at radius 1 is 0.917 bits per heavy atom. The van der Waals surface area contributed by atoms with Crippen molar-refractivity contribution in [2.24, 2.45) is 11.5 Å². The maximum Gasteiger partial charge on any atom is 0.328 e. The Balaban J connectivity index is 3.05. The lowest BCUT2D eigenvalue weighted by atomic mass is 10.0. The molecule has 10 N–H and O–H groups in total. The first kappa shape index (κ1) is 31.2. The van der Waals surface area contributed by atoms with E-state index in [9.17, 15) is 29.4 Å². The van der Waals surface area contributed by atoms with Crippen molar-refractivity contribution in [2.75, 3.05) is 25.2 Å². The number of phenols is 1. The molecule has 0 bridgehead atoms. The van der Waals surface area contributed by atoms with E-state index in [2.05, 4.69) is 16.0 Å². The number of rotatable bonds is 17. The van der Waals surface area contributed by atoms with Gasteiger partial charge < -0.3 is 42.7 Å². The lowest BCUT2D eigenvalue weighted by Crippen LogP contribution is -2.58. The van der Waals surface area contributed by atoms with E-state index in [1.165, 1.54) is 23.9 Å². The molecule has 0 aliphatic carbocycles. The van der Waals surface area contributed by atoms with Crippen LogP contribution in [-0.4, -0.2) is 88.3 Å². The highest BCUT2D eigenvalue weighted by molar-refractivity contribution is 7.98. The molecule has 202 valence electrons. The van der Waals surface area contributed by atoms with Crippen LogP contribution in [0.15, 0.2) is 24.3 Å². The molecule has 12 nitrogen and oxygen atoms in total. The summed E-state index contributed by atoms with van der Waals surface area (Å²) in [5, 5.41) is 35.3. The third-order valence-electron chi connectivity index (χ3n) is 5.36. The normalized spacial score (nSPS) is 14.2. The van der Waals surface area contributed by atoms with Gasteiger partial charge >= 0.3 is 5.97 Å². The molecule has 36 heavy (non-hydrogen) atoms. The Kier molecular flexibility index (Phi) is 14.5. The van der Waals surface area contributed by atoms with Crippen molar-refractivity contribution in [3.63, 3.8) is 0 Å². The molecule has 0 heterocycles. The summed E-state index contributed by atoms with van der Waals surface area (Å²) in [6, 6.07) is 1.50. The Labute approximate surface area is 214 Å². The van der Waals surface area contributed by atoms with Gasteiger partial charge in [0.2, 0.25) is 17.7 Å². The van der Waals surface area contributed by atoms with E-state index < -0.39 is 54.5 Å². The first-order valence-electron chi connectivity index (χ1n) is 11.6. The van der Waals surface area contributed by atoms with Crippen LogP contribution in [0.1, 0.15) is 31.2 Å².